The van der Waals surface area contributed by atoms with Crippen molar-refractivity contribution < 1.29 is 19.4 Å². The molecule has 0 aliphatic carbocycles. The Hall–Kier alpha value is -1.92. The molecule has 24 heavy (non-hydrogen) atoms. The van der Waals surface area contributed by atoms with Crippen LogP contribution >= 0.6 is 0 Å². The Labute approximate surface area is 143 Å². The Bertz CT molecular complexity index is 624. The first-order valence-corrected chi connectivity index (χ1v) is 8.02. The van der Waals surface area contributed by atoms with Gasteiger partial charge in [0.15, 0.2) is 6.10 Å². The monoisotopic (exact) mass is 334 g/mol. The van der Waals surface area contributed by atoms with Gasteiger partial charge in [0.1, 0.15) is 6.61 Å². The van der Waals surface area contributed by atoms with Gasteiger partial charge in [-0.05, 0) is 31.9 Å². The number of carbonyl (C=O) groups is 2. The van der Waals surface area contributed by atoms with Gasteiger partial charge in [-0.1, -0.05) is 24.3 Å². The molecule has 6 heteroatoms. The first-order valence-electron chi connectivity index (χ1n) is 8.02. The fourth-order valence-electron chi connectivity index (χ4n) is 3.08. The van der Waals surface area contributed by atoms with Crippen molar-refractivity contribution in [3.8, 4) is 0 Å². The zero-order chi connectivity index (χ0) is 18.1. The summed E-state index contributed by atoms with van der Waals surface area (Å²) >= 11 is 0. The van der Waals surface area contributed by atoms with Crippen molar-refractivity contribution in [1.82, 2.24) is 9.80 Å². The summed E-state index contributed by atoms with van der Waals surface area (Å²) < 4.78 is 5.62. The molecule has 1 N–H and O–H groups in total. The van der Waals surface area contributed by atoms with E-state index in [0.29, 0.717) is 0 Å². The molecule has 2 amide bonds. The predicted molar refractivity (Wildman–Crippen MR) is 90.4 cm³/mol. The van der Waals surface area contributed by atoms with Crippen LogP contribution in [0.15, 0.2) is 24.3 Å². The van der Waals surface area contributed by atoms with Crippen molar-refractivity contribution in [2.75, 3.05) is 27.2 Å². The van der Waals surface area contributed by atoms with Crippen LogP contribution in [-0.2, 0) is 14.3 Å². The third-order valence-corrected chi connectivity index (χ3v) is 4.23. The van der Waals surface area contributed by atoms with Crippen molar-refractivity contribution in [3.05, 3.63) is 35.4 Å². The normalized spacial score (nSPS) is 21.8. The van der Waals surface area contributed by atoms with E-state index >= 15 is 0 Å². The van der Waals surface area contributed by atoms with Gasteiger partial charge in [0.05, 0.1) is 11.6 Å². The minimum Gasteiger partial charge on any atom is -0.389 e. The number of likely N-dealkylation sites (N-methyl/N-ethyl adjacent to an activating group) is 2. The molecule has 1 aliphatic heterocycles. The molecule has 1 aliphatic rings. The molecule has 1 aromatic carbocycles. The van der Waals surface area contributed by atoms with Gasteiger partial charge in [-0.2, -0.15) is 0 Å². The van der Waals surface area contributed by atoms with Crippen LogP contribution in [-0.4, -0.2) is 65.7 Å². The molecule has 2 rings (SSSR count). The molecule has 1 fully saturated rings. The molecular formula is C18H26N2O4. The number of carbonyl (C=O) groups excluding carboxylic acids is 2. The maximum absolute atomic E-state index is 12.9. The fraction of sp³-hybridized carbons (Fsp3) is 0.556. The summed E-state index contributed by atoms with van der Waals surface area (Å²) in [6.45, 7) is 5.31. The van der Waals surface area contributed by atoms with Crippen LogP contribution in [0.3, 0.4) is 0 Å². The first-order chi connectivity index (χ1) is 11.1. The number of hydrogen-bond donors (Lipinski definition) is 1. The van der Waals surface area contributed by atoms with E-state index in [1.165, 1.54) is 4.90 Å². The average molecular weight is 334 g/mol. The van der Waals surface area contributed by atoms with Gasteiger partial charge in [-0.3, -0.25) is 9.59 Å². The van der Waals surface area contributed by atoms with E-state index in [1.807, 2.05) is 31.2 Å². The van der Waals surface area contributed by atoms with E-state index in [-0.39, 0.29) is 25.0 Å². The minimum atomic E-state index is -1.00. The topological polar surface area (TPSA) is 70.1 Å². The lowest BCUT2D eigenvalue weighted by Crippen LogP contribution is -2.54. The van der Waals surface area contributed by atoms with Crippen LogP contribution in [0.1, 0.15) is 31.0 Å². The summed E-state index contributed by atoms with van der Waals surface area (Å²) in [6.07, 6.45) is -0.791. The summed E-state index contributed by atoms with van der Waals surface area (Å²) in [4.78, 5) is 28.0. The van der Waals surface area contributed by atoms with Crippen molar-refractivity contribution >= 4 is 11.8 Å². The lowest BCUT2D eigenvalue weighted by atomic mass is 9.93. The van der Waals surface area contributed by atoms with Crippen LogP contribution in [0.25, 0.3) is 0 Å². The highest BCUT2D eigenvalue weighted by atomic mass is 16.5. The highest BCUT2D eigenvalue weighted by Gasteiger charge is 2.42. The van der Waals surface area contributed by atoms with Crippen LogP contribution in [0.5, 0.6) is 0 Å². The SMILES string of the molecule is Cc1ccccc1[C@@H]1[C@@H](C(=O)N(C)CC(C)(C)O)OCC(=O)N1C. The molecule has 0 spiro atoms. The van der Waals surface area contributed by atoms with E-state index in [4.69, 9.17) is 4.74 Å². The third kappa shape index (κ3) is 3.94. The highest BCUT2D eigenvalue weighted by molar-refractivity contribution is 5.86. The molecule has 0 saturated carbocycles. The average Bonchev–Trinajstić information content (AvgIpc) is 2.48. The van der Waals surface area contributed by atoms with Gasteiger partial charge >= 0.3 is 0 Å². The Kier molecular flexibility index (Phi) is 5.30. The number of nitrogens with zero attached hydrogens (tertiary/aromatic N) is 2. The molecule has 0 radical (unpaired) electrons. The molecule has 2 atom stereocenters. The Morgan fingerprint density at radius 1 is 1.42 bits per heavy atom. The first kappa shape index (κ1) is 18.4. The molecule has 0 unspecified atom stereocenters. The second-order valence-corrected chi connectivity index (χ2v) is 7.04. The Morgan fingerprint density at radius 2 is 2.04 bits per heavy atom. The van der Waals surface area contributed by atoms with Gasteiger partial charge in [0.25, 0.3) is 5.91 Å². The smallest absolute Gasteiger partial charge is 0.254 e. The van der Waals surface area contributed by atoms with Crippen LogP contribution in [0.4, 0.5) is 0 Å². The Morgan fingerprint density at radius 3 is 2.62 bits per heavy atom. The van der Waals surface area contributed by atoms with Crippen LogP contribution in [0.2, 0.25) is 0 Å². The van der Waals surface area contributed by atoms with Gasteiger partial charge in [0.2, 0.25) is 5.91 Å². The number of aryl methyl sites for hydroxylation is 1. The van der Waals surface area contributed by atoms with Gasteiger partial charge in [0, 0.05) is 20.6 Å². The standard InChI is InChI=1S/C18H26N2O4/c1-12-8-6-7-9-13(12)15-16(24-10-14(21)20(15)5)17(22)19(4)11-18(2,3)23/h6-9,15-16,23H,10-11H2,1-5H3/t15-,16+/m1/s1. The van der Waals surface area contributed by atoms with E-state index in [9.17, 15) is 14.7 Å². The van der Waals surface area contributed by atoms with Crippen molar-refractivity contribution in [3.63, 3.8) is 0 Å². The van der Waals surface area contributed by atoms with Crippen molar-refractivity contribution in [2.24, 2.45) is 0 Å². The molecule has 1 aromatic rings. The number of hydrogen-bond acceptors (Lipinski definition) is 4. The molecule has 1 saturated heterocycles. The number of morpholine rings is 1. The molecule has 0 aromatic heterocycles. The molecule has 6 nitrogen and oxygen atoms in total. The summed E-state index contributed by atoms with van der Waals surface area (Å²) in [7, 11) is 3.33. The fourth-order valence-corrected chi connectivity index (χ4v) is 3.08. The number of amides is 2. The number of rotatable bonds is 4. The van der Waals surface area contributed by atoms with Crippen molar-refractivity contribution in [2.45, 2.75) is 38.5 Å². The van der Waals surface area contributed by atoms with E-state index < -0.39 is 17.7 Å². The van der Waals surface area contributed by atoms with Crippen LogP contribution in [0, 0.1) is 6.92 Å². The lowest BCUT2D eigenvalue weighted by Gasteiger charge is -2.40. The Balaban J connectivity index is 2.34. The van der Waals surface area contributed by atoms with Gasteiger partial charge in [-0.25, -0.2) is 0 Å². The maximum atomic E-state index is 12.9. The van der Waals surface area contributed by atoms with Gasteiger partial charge in [-0.15, -0.1) is 0 Å². The van der Waals surface area contributed by atoms with Gasteiger partial charge < -0.3 is 19.6 Å². The van der Waals surface area contributed by atoms with Crippen LogP contribution < -0.4 is 0 Å². The third-order valence-electron chi connectivity index (χ3n) is 4.23. The zero-order valence-corrected chi connectivity index (χ0v) is 14.9. The molecule has 132 valence electrons. The van der Waals surface area contributed by atoms with E-state index in [0.717, 1.165) is 11.1 Å². The second-order valence-electron chi connectivity index (χ2n) is 7.04. The summed E-state index contributed by atoms with van der Waals surface area (Å²) in [5, 5.41) is 9.96. The number of aliphatic hydroxyl groups is 1. The molecule has 1 heterocycles. The lowest BCUT2D eigenvalue weighted by molar-refractivity contribution is -0.168. The predicted octanol–water partition coefficient (Wildman–Crippen LogP) is 1.12. The maximum Gasteiger partial charge on any atom is 0.254 e. The number of benzene rings is 1. The van der Waals surface area contributed by atoms with E-state index in [2.05, 4.69) is 0 Å². The number of ether oxygens (including phenoxy) is 1. The zero-order valence-electron chi connectivity index (χ0n) is 14.9. The summed E-state index contributed by atoms with van der Waals surface area (Å²) in [5.74, 6) is -0.401. The summed E-state index contributed by atoms with van der Waals surface area (Å²) in [5.41, 5.74) is 0.887. The minimum absolute atomic E-state index is 0.119. The molecule has 0 bridgehead atoms. The highest BCUT2D eigenvalue weighted by Crippen LogP contribution is 2.32. The molecular weight excluding hydrogens is 308 g/mol. The summed E-state index contributed by atoms with van der Waals surface area (Å²) in [6, 6.07) is 7.18. The van der Waals surface area contributed by atoms with Crippen molar-refractivity contribution in [1.29, 1.82) is 0 Å². The second kappa shape index (κ2) is 6.91. The van der Waals surface area contributed by atoms with E-state index in [1.54, 1.807) is 32.8 Å². The largest absolute Gasteiger partial charge is 0.389 e. The quantitative estimate of drug-likeness (QED) is 0.896.